The Hall–Kier alpha value is -0.500. The predicted octanol–water partition coefficient (Wildman–Crippen LogP) is 3.08. The van der Waals surface area contributed by atoms with Gasteiger partial charge in [0, 0.05) is 5.25 Å². The van der Waals surface area contributed by atoms with Gasteiger partial charge in [-0.1, -0.05) is 23.8 Å². The summed E-state index contributed by atoms with van der Waals surface area (Å²) in [6.07, 6.45) is 11.0. The van der Waals surface area contributed by atoms with Gasteiger partial charge in [-0.15, -0.1) is 0 Å². The van der Waals surface area contributed by atoms with Gasteiger partial charge < -0.3 is 0 Å². The first-order valence-corrected chi connectivity index (χ1v) is 5.88. The Bertz CT molecular complexity index is 230. The highest BCUT2D eigenvalue weighted by molar-refractivity contribution is 7.99. The van der Waals surface area contributed by atoms with E-state index in [1.807, 2.05) is 11.8 Å². The Morgan fingerprint density at radius 1 is 1.62 bits per heavy atom. The summed E-state index contributed by atoms with van der Waals surface area (Å²) in [4.78, 5) is 4.14. The fourth-order valence-electron chi connectivity index (χ4n) is 1.42. The molecule has 2 heteroatoms. The van der Waals surface area contributed by atoms with E-state index in [2.05, 4.69) is 43.1 Å². The molecule has 2 atom stereocenters. The predicted molar refractivity (Wildman–Crippen MR) is 62.8 cm³/mol. The van der Waals surface area contributed by atoms with E-state index < -0.39 is 0 Å². The van der Waals surface area contributed by atoms with E-state index in [4.69, 9.17) is 0 Å². The number of hydrogen-bond donors (Lipinski definition) is 0. The second-order valence-electron chi connectivity index (χ2n) is 3.39. The quantitative estimate of drug-likeness (QED) is 0.617. The van der Waals surface area contributed by atoms with E-state index in [0.717, 1.165) is 12.8 Å². The molecule has 0 aliphatic heterocycles. The largest absolute Gasteiger partial charge is 0.297 e. The Balaban J connectivity index is 2.71. The molecule has 1 aliphatic carbocycles. The van der Waals surface area contributed by atoms with Crippen molar-refractivity contribution in [1.82, 2.24) is 0 Å². The molecule has 0 heterocycles. The lowest BCUT2D eigenvalue weighted by molar-refractivity contribution is 0.638. The first kappa shape index (κ1) is 10.6. The van der Waals surface area contributed by atoms with Crippen LogP contribution in [-0.2, 0) is 0 Å². The molecule has 72 valence electrons. The van der Waals surface area contributed by atoms with Gasteiger partial charge in [-0.3, -0.25) is 4.99 Å². The Labute approximate surface area is 85.0 Å². The fraction of sp³-hybridized carbons (Fsp3) is 0.545. The van der Waals surface area contributed by atoms with Crippen LogP contribution < -0.4 is 0 Å². The topological polar surface area (TPSA) is 12.4 Å². The summed E-state index contributed by atoms with van der Waals surface area (Å²) in [6, 6.07) is 0.400. The van der Waals surface area contributed by atoms with Crippen molar-refractivity contribution in [3.63, 3.8) is 0 Å². The highest BCUT2D eigenvalue weighted by Gasteiger charge is 2.12. The summed E-state index contributed by atoms with van der Waals surface area (Å²) < 4.78 is 0. The normalized spacial score (nSPS) is 35.4. The fourth-order valence-corrected chi connectivity index (χ4v) is 2.07. The first-order chi connectivity index (χ1) is 6.26. The van der Waals surface area contributed by atoms with Crippen molar-refractivity contribution in [2.45, 2.75) is 31.1 Å². The molecule has 0 fully saturated rings. The van der Waals surface area contributed by atoms with E-state index in [-0.39, 0.29) is 0 Å². The SMILES string of the molecule is C=NC1C/C=C(C)\C=C/C(SC)C1. The third-order valence-corrected chi connectivity index (χ3v) is 3.31. The zero-order valence-corrected chi connectivity index (χ0v) is 9.18. The van der Waals surface area contributed by atoms with Gasteiger partial charge in [0.15, 0.2) is 0 Å². The molecule has 0 spiro atoms. The average Bonchev–Trinajstić information content (AvgIpc) is 2.13. The second-order valence-corrected chi connectivity index (χ2v) is 4.47. The molecule has 1 rings (SSSR count). The lowest BCUT2D eigenvalue weighted by Gasteiger charge is -2.17. The summed E-state index contributed by atoms with van der Waals surface area (Å²) in [7, 11) is 0. The number of allylic oxidation sites excluding steroid dienone is 2. The lowest BCUT2D eigenvalue weighted by atomic mass is 10.0. The molecule has 0 radical (unpaired) electrons. The van der Waals surface area contributed by atoms with Crippen LogP contribution in [0.15, 0.2) is 28.8 Å². The van der Waals surface area contributed by atoms with Crippen LogP contribution in [0.25, 0.3) is 0 Å². The minimum Gasteiger partial charge on any atom is -0.297 e. The molecule has 0 saturated heterocycles. The van der Waals surface area contributed by atoms with Crippen molar-refractivity contribution in [2.24, 2.45) is 4.99 Å². The highest BCUT2D eigenvalue weighted by atomic mass is 32.2. The Kier molecular flexibility index (Phi) is 4.29. The van der Waals surface area contributed by atoms with E-state index in [0.29, 0.717) is 11.3 Å². The molecule has 0 amide bonds. The summed E-state index contributed by atoms with van der Waals surface area (Å²) in [5.74, 6) is 0. The zero-order valence-electron chi connectivity index (χ0n) is 8.36. The zero-order chi connectivity index (χ0) is 9.68. The van der Waals surface area contributed by atoms with Gasteiger partial charge in [-0.25, -0.2) is 0 Å². The third-order valence-electron chi connectivity index (χ3n) is 2.35. The monoisotopic (exact) mass is 195 g/mol. The maximum Gasteiger partial charge on any atom is 0.0540 e. The van der Waals surface area contributed by atoms with Crippen LogP contribution >= 0.6 is 11.8 Å². The molecule has 0 aromatic heterocycles. The lowest BCUT2D eigenvalue weighted by Crippen LogP contribution is -2.12. The highest BCUT2D eigenvalue weighted by Crippen LogP contribution is 2.21. The second kappa shape index (κ2) is 5.28. The van der Waals surface area contributed by atoms with Crippen LogP contribution in [0.1, 0.15) is 19.8 Å². The van der Waals surface area contributed by atoms with Gasteiger partial charge in [0.1, 0.15) is 0 Å². The summed E-state index contributed by atoms with van der Waals surface area (Å²) >= 11 is 1.89. The Morgan fingerprint density at radius 2 is 2.38 bits per heavy atom. The number of nitrogens with zero attached hydrogens (tertiary/aromatic N) is 1. The minimum absolute atomic E-state index is 0.400. The van der Waals surface area contributed by atoms with Crippen molar-refractivity contribution < 1.29 is 0 Å². The smallest absolute Gasteiger partial charge is 0.0540 e. The maximum atomic E-state index is 4.14. The molecule has 1 nitrogen and oxygen atoms in total. The molecule has 13 heavy (non-hydrogen) atoms. The summed E-state index contributed by atoms with van der Waals surface area (Å²) in [5.41, 5.74) is 1.34. The van der Waals surface area contributed by atoms with E-state index in [9.17, 15) is 0 Å². The van der Waals surface area contributed by atoms with Gasteiger partial charge in [-0.2, -0.15) is 11.8 Å². The minimum atomic E-state index is 0.400. The van der Waals surface area contributed by atoms with Crippen LogP contribution in [0, 0.1) is 0 Å². The van der Waals surface area contributed by atoms with Crippen molar-refractivity contribution >= 4 is 18.5 Å². The van der Waals surface area contributed by atoms with Crippen molar-refractivity contribution in [3.05, 3.63) is 23.8 Å². The number of aliphatic imine (C=N–C) groups is 1. The first-order valence-electron chi connectivity index (χ1n) is 4.60. The molecule has 0 aromatic rings. The maximum absolute atomic E-state index is 4.14. The summed E-state index contributed by atoms with van der Waals surface area (Å²) in [5, 5.41) is 0.596. The van der Waals surface area contributed by atoms with E-state index in [1.54, 1.807) is 0 Å². The van der Waals surface area contributed by atoms with Crippen LogP contribution in [0.3, 0.4) is 0 Å². The van der Waals surface area contributed by atoms with Gasteiger partial charge >= 0.3 is 0 Å². The third kappa shape index (κ3) is 3.39. The van der Waals surface area contributed by atoms with Crippen LogP contribution in [-0.4, -0.2) is 24.3 Å². The molecule has 0 bridgehead atoms. The number of rotatable bonds is 2. The molecule has 0 N–H and O–H groups in total. The van der Waals surface area contributed by atoms with Crippen LogP contribution in [0.4, 0.5) is 0 Å². The molecule has 1 aliphatic rings. The number of hydrogen-bond acceptors (Lipinski definition) is 2. The molecular weight excluding hydrogens is 178 g/mol. The van der Waals surface area contributed by atoms with Gasteiger partial charge in [-0.05, 0) is 32.7 Å². The van der Waals surface area contributed by atoms with Crippen molar-refractivity contribution in [3.8, 4) is 0 Å². The summed E-state index contributed by atoms with van der Waals surface area (Å²) in [6.45, 7) is 5.78. The van der Waals surface area contributed by atoms with E-state index in [1.165, 1.54) is 5.57 Å². The van der Waals surface area contributed by atoms with Crippen LogP contribution in [0.5, 0.6) is 0 Å². The van der Waals surface area contributed by atoms with Gasteiger partial charge in [0.05, 0.1) is 6.04 Å². The number of thioether (sulfide) groups is 1. The average molecular weight is 195 g/mol. The molecule has 2 unspecified atom stereocenters. The van der Waals surface area contributed by atoms with Crippen molar-refractivity contribution in [1.29, 1.82) is 0 Å². The van der Waals surface area contributed by atoms with Crippen LogP contribution in [0.2, 0.25) is 0 Å². The molecular formula is C11H17NS. The van der Waals surface area contributed by atoms with Gasteiger partial charge in [0.25, 0.3) is 0 Å². The van der Waals surface area contributed by atoms with E-state index >= 15 is 0 Å². The van der Waals surface area contributed by atoms with Gasteiger partial charge in [0.2, 0.25) is 0 Å². The molecule has 0 saturated carbocycles. The Morgan fingerprint density at radius 3 is 3.00 bits per heavy atom. The molecule has 0 aromatic carbocycles. The van der Waals surface area contributed by atoms with Crippen molar-refractivity contribution in [2.75, 3.05) is 6.26 Å². The standard InChI is InChI=1S/C11H17NS/c1-9-4-6-10(12-2)8-11(13-3)7-5-9/h4-5,7,10-11H,2,6,8H2,1,3H3/b7-5-,9-4-.